The van der Waals surface area contributed by atoms with Crippen LogP contribution in [0.2, 0.25) is 5.02 Å². The molecule has 0 aliphatic heterocycles. The van der Waals surface area contributed by atoms with Crippen molar-refractivity contribution in [1.82, 2.24) is 0 Å². The Morgan fingerprint density at radius 2 is 1.56 bits per heavy atom. The number of methoxy groups -OCH3 is 2. The highest BCUT2D eigenvalue weighted by Crippen LogP contribution is 2.29. The third kappa shape index (κ3) is 4.64. The number of hydrogen-bond donors (Lipinski definition) is 1. The largest absolute Gasteiger partial charge is 0.496 e. The Kier molecular flexibility index (Phi) is 6.25. The quantitative estimate of drug-likeness (QED) is 0.794. The van der Waals surface area contributed by atoms with E-state index in [9.17, 15) is 9.59 Å². The van der Waals surface area contributed by atoms with E-state index in [1.54, 1.807) is 42.5 Å². The molecule has 0 aliphatic carbocycles. The number of carbonyl (C=O) groups is 2. The third-order valence-corrected chi connectivity index (χ3v) is 3.65. The molecular weight excluding hydrogens is 346 g/mol. The summed E-state index contributed by atoms with van der Waals surface area (Å²) in [4.78, 5) is 24.6. The zero-order valence-corrected chi connectivity index (χ0v) is 14.8. The predicted molar refractivity (Wildman–Crippen MR) is 94.5 cm³/mol. The average Bonchev–Trinajstić information content (AvgIpc) is 2.62. The summed E-state index contributed by atoms with van der Waals surface area (Å²) < 4.78 is 15.6. The van der Waals surface area contributed by atoms with Crippen LogP contribution in [0.25, 0.3) is 0 Å². The molecule has 0 bridgehead atoms. The molecule has 0 aliphatic rings. The first-order valence-electron chi connectivity index (χ1n) is 7.44. The summed E-state index contributed by atoms with van der Waals surface area (Å²) in [6, 6.07) is 11.5. The summed E-state index contributed by atoms with van der Waals surface area (Å²) >= 11 is 5.80. The van der Waals surface area contributed by atoms with Crippen molar-refractivity contribution in [3.05, 3.63) is 53.1 Å². The molecule has 0 spiro atoms. The van der Waals surface area contributed by atoms with E-state index in [-0.39, 0.29) is 5.56 Å². The zero-order chi connectivity index (χ0) is 18.4. The molecule has 25 heavy (non-hydrogen) atoms. The maximum atomic E-state index is 12.4. The Morgan fingerprint density at radius 1 is 1.00 bits per heavy atom. The Balaban J connectivity index is 2.09. The second-order valence-electron chi connectivity index (χ2n) is 5.08. The summed E-state index contributed by atoms with van der Waals surface area (Å²) in [5, 5.41) is 3.20. The second-order valence-corrected chi connectivity index (χ2v) is 5.52. The lowest BCUT2D eigenvalue weighted by atomic mass is 10.1. The zero-order valence-electron chi connectivity index (χ0n) is 14.0. The minimum absolute atomic E-state index is 0.124. The van der Waals surface area contributed by atoms with Gasteiger partial charge in [0.1, 0.15) is 17.1 Å². The van der Waals surface area contributed by atoms with Crippen molar-refractivity contribution in [2.75, 3.05) is 19.5 Å². The van der Waals surface area contributed by atoms with E-state index >= 15 is 0 Å². The Morgan fingerprint density at radius 3 is 2.08 bits per heavy atom. The third-order valence-electron chi connectivity index (χ3n) is 3.40. The predicted octanol–water partition coefficient (Wildman–Crippen LogP) is 3.54. The van der Waals surface area contributed by atoms with E-state index < -0.39 is 18.0 Å². The highest BCUT2D eigenvalue weighted by Gasteiger charge is 2.24. The van der Waals surface area contributed by atoms with Gasteiger partial charge in [-0.05, 0) is 43.3 Å². The van der Waals surface area contributed by atoms with Crippen molar-refractivity contribution in [2.24, 2.45) is 0 Å². The van der Waals surface area contributed by atoms with Gasteiger partial charge in [-0.15, -0.1) is 0 Å². The molecule has 7 heteroatoms. The van der Waals surface area contributed by atoms with Crippen molar-refractivity contribution >= 4 is 29.2 Å². The van der Waals surface area contributed by atoms with Crippen molar-refractivity contribution < 1.29 is 23.8 Å². The summed E-state index contributed by atoms with van der Waals surface area (Å²) in [6.07, 6.45) is -1.02. The van der Waals surface area contributed by atoms with E-state index in [0.717, 1.165) is 0 Å². The van der Waals surface area contributed by atoms with Crippen molar-refractivity contribution in [3.8, 4) is 11.5 Å². The van der Waals surface area contributed by atoms with Gasteiger partial charge in [0.2, 0.25) is 0 Å². The smallest absolute Gasteiger partial charge is 0.346 e. The number of esters is 1. The summed E-state index contributed by atoms with van der Waals surface area (Å²) in [7, 11) is 2.87. The first kappa shape index (κ1) is 18.6. The van der Waals surface area contributed by atoms with Crippen LogP contribution in [0.4, 0.5) is 5.69 Å². The van der Waals surface area contributed by atoms with Gasteiger partial charge in [0, 0.05) is 10.7 Å². The van der Waals surface area contributed by atoms with Crippen LogP contribution in [-0.2, 0) is 9.53 Å². The highest BCUT2D eigenvalue weighted by atomic mass is 35.5. The number of halogens is 1. The van der Waals surface area contributed by atoms with Gasteiger partial charge in [-0.2, -0.15) is 0 Å². The number of benzene rings is 2. The SMILES string of the molecule is COc1cccc(OC)c1C(=O)O[C@@H](C)C(=O)Nc1ccc(Cl)cc1. The lowest BCUT2D eigenvalue weighted by Crippen LogP contribution is -2.30. The molecule has 1 N–H and O–H groups in total. The fourth-order valence-corrected chi connectivity index (χ4v) is 2.23. The van der Waals surface area contributed by atoms with Crippen LogP contribution in [-0.4, -0.2) is 32.2 Å². The molecule has 1 atom stereocenters. The first-order valence-corrected chi connectivity index (χ1v) is 7.82. The molecule has 0 saturated carbocycles. The molecule has 1 amide bonds. The molecule has 132 valence electrons. The molecule has 2 aromatic carbocycles. The molecule has 0 saturated heterocycles. The topological polar surface area (TPSA) is 73.9 Å². The normalized spacial score (nSPS) is 11.4. The van der Waals surface area contributed by atoms with Crippen LogP contribution >= 0.6 is 11.6 Å². The summed E-state index contributed by atoms with van der Waals surface area (Å²) in [6.45, 7) is 1.48. The van der Waals surface area contributed by atoms with Gasteiger partial charge in [-0.25, -0.2) is 4.79 Å². The van der Waals surface area contributed by atoms with Crippen LogP contribution in [0.5, 0.6) is 11.5 Å². The van der Waals surface area contributed by atoms with Crippen LogP contribution in [0, 0.1) is 0 Å². The number of hydrogen-bond acceptors (Lipinski definition) is 5. The number of amides is 1. The average molecular weight is 364 g/mol. The molecule has 0 unspecified atom stereocenters. The Bertz CT molecular complexity index is 738. The van der Waals surface area contributed by atoms with Gasteiger partial charge in [0.05, 0.1) is 14.2 Å². The molecule has 2 aromatic rings. The van der Waals surface area contributed by atoms with E-state index in [0.29, 0.717) is 22.2 Å². The summed E-state index contributed by atoms with van der Waals surface area (Å²) in [5.41, 5.74) is 0.672. The molecule has 0 radical (unpaired) electrons. The molecule has 2 rings (SSSR count). The number of nitrogens with one attached hydrogen (secondary N) is 1. The fraction of sp³-hybridized carbons (Fsp3) is 0.222. The van der Waals surface area contributed by atoms with Crippen molar-refractivity contribution in [2.45, 2.75) is 13.0 Å². The number of rotatable bonds is 6. The van der Waals surface area contributed by atoms with Gasteiger partial charge >= 0.3 is 5.97 Å². The number of anilines is 1. The van der Waals surface area contributed by atoms with E-state index in [1.165, 1.54) is 21.1 Å². The number of ether oxygens (including phenoxy) is 3. The fourth-order valence-electron chi connectivity index (χ4n) is 2.10. The lowest BCUT2D eigenvalue weighted by Gasteiger charge is -2.16. The maximum absolute atomic E-state index is 12.4. The van der Waals surface area contributed by atoms with Gasteiger partial charge in [-0.3, -0.25) is 4.79 Å². The monoisotopic (exact) mass is 363 g/mol. The first-order chi connectivity index (χ1) is 12.0. The Labute approximate surface area is 150 Å². The molecular formula is C18H18ClNO5. The van der Waals surface area contributed by atoms with Gasteiger partial charge in [-0.1, -0.05) is 17.7 Å². The minimum atomic E-state index is -1.02. The van der Waals surface area contributed by atoms with Gasteiger partial charge in [0.15, 0.2) is 6.10 Å². The summed E-state index contributed by atoms with van der Waals surface area (Å²) in [5.74, 6) is -0.582. The molecule has 0 heterocycles. The van der Waals surface area contributed by atoms with Crippen LogP contribution in [0.15, 0.2) is 42.5 Å². The number of carbonyl (C=O) groups excluding carboxylic acids is 2. The van der Waals surface area contributed by atoms with Crippen molar-refractivity contribution in [3.63, 3.8) is 0 Å². The van der Waals surface area contributed by atoms with Crippen LogP contribution < -0.4 is 14.8 Å². The van der Waals surface area contributed by atoms with Crippen molar-refractivity contribution in [1.29, 1.82) is 0 Å². The minimum Gasteiger partial charge on any atom is -0.496 e. The molecule has 0 fully saturated rings. The van der Waals surface area contributed by atoms with Crippen LogP contribution in [0.1, 0.15) is 17.3 Å². The molecule has 6 nitrogen and oxygen atoms in total. The van der Waals surface area contributed by atoms with Crippen LogP contribution in [0.3, 0.4) is 0 Å². The van der Waals surface area contributed by atoms with Gasteiger partial charge < -0.3 is 19.5 Å². The van der Waals surface area contributed by atoms with Gasteiger partial charge in [0.25, 0.3) is 5.91 Å². The van der Waals surface area contributed by atoms with E-state index in [4.69, 9.17) is 25.8 Å². The lowest BCUT2D eigenvalue weighted by molar-refractivity contribution is -0.123. The molecule has 0 aromatic heterocycles. The second kappa shape index (κ2) is 8.39. The maximum Gasteiger partial charge on any atom is 0.346 e. The standard InChI is InChI=1S/C18H18ClNO5/c1-11(17(21)20-13-9-7-12(19)8-10-13)25-18(22)16-14(23-2)5-4-6-15(16)24-3/h4-11H,1-3H3,(H,20,21)/t11-/m0/s1. The van der Waals surface area contributed by atoms with E-state index in [2.05, 4.69) is 5.32 Å². The van der Waals surface area contributed by atoms with E-state index in [1.807, 2.05) is 0 Å². The highest BCUT2D eigenvalue weighted by molar-refractivity contribution is 6.30. The Hall–Kier alpha value is -2.73.